The molecular formula is C17H19F3N4O2. The molecule has 1 saturated heterocycles. The molecule has 9 heteroatoms. The second-order valence-corrected chi connectivity index (χ2v) is 6.42. The molecular weight excluding hydrogens is 349 g/mol. The molecule has 0 unspecified atom stereocenters. The first-order chi connectivity index (χ1) is 12.3. The van der Waals surface area contributed by atoms with Gasteiger partial charge >= 0.3 is 12.1 Å². The topological polar surface area (TPSA) is 85.2 Å². The van der Waals surface area contributed by atoms with E-state index in [0.717, 1.165) is 19.3 Å². The molecule has 2 atom stereocenters. The summed E-state index contributed by atoms with van der Waals surface area (Å²) >= 11 is 0. The van der Waals surface area contributed by atoms with Crippen LogP contribution < -0.4 is 5.73 Å². The van der Waals surface area contributed by atoms with Crippen LogP contribution in [0.25, 0.3) is 11.4 Å². The summed E-state index contributed by atoms with van der Waals surface area (Å²) in [5, 5.41) is 3.33. The lowest BCUT2D eigenvalue weighted by Crippen LogP contribution is -2.51. The number of carbonyl (C=O) groups is 1. The number of hydrogen-bond donors (Lipinski definition) is 1. The third kappa shape index (κ3) is 3.72. The molecule has 0 radical (unpaired) electrons. The highest BCUT2D eigenvalue weighted by atomic mass is 19.4. The molecule has 26 heavy (non-hydrogen) atoms. The SMILES string of the molecule is C[C@H](N)[C@@H]1CCCCN1C(=O)c1ccc(-c2noc(C(F)(F)F)n2)cc1. The molecule has 1 aliphatic heterocycles. The van der Waals surface area contributed by atoms with Gasteiger partial charge in [-0.15, -0.1) is 0 Å². The van der Waals surface area contributed by atoms with Crippen LogP contribution >= 0.6 is 0 Å². The van der Waals surface area contributed by atoms with Crippen molar-refractivity contribution in [3.63, 3.8) is 0 Å². The largest absolute Gasteiger partial charge is 0.471 e. The van der Waals surface area contributed by atoms with Crippen molar-refractivity contribution >= 4 is 5.91 Å². The first kappa shape index (κ1) is 18.4. The van der Waals surface area contributed by atoms with Crippen LogP contribution in [0.4, 0.5) is 13.2 Å². The number of rotatable bonds is 3. The van der Waals surface area contributed by atoms with Crippen LogP contribution in [0.5, 0.6) is 0 Å². The highest BCUT2D eigenvalue weighted by Gasteiger charge is 2.38. The number of benzene rings is 1. The Bertz CT molecular complexity index is 771. The Labute approximate surface area is 148 Å². The number of aromatic nitrogens is 2. The van der Waals surface area contributed by atoms with Crippen LogP contribution in [-0.2, 0) is 6.18 Å². The molecule has 0 bridgehead atoms. The monoisotopic (exact) mass is 368 g/mol. The fraction of sp³-hybridized carbons (Fsp3) is 0.471. The molecule has 2 heterocycles. The lowest BCUT2D eigenvalue weighted by atomic mass is 9.96. The maximum atomic E-state index is 12.8. The van der Waals surface area contributed by atoms with Gasteiger partial charge in [0.2, 0.25) is 5.82 Å². The summed E-state index contributed by atoms with van der Waals surface area (Å²) in [7, 11) is 0. The number of nitrogens with two attached hydrogens (primary N) is 1. The maximum absolute atomic E-state index is 12.8. The van der Waals surface area contributed by atoms with E-state index in [1.54, 1.807) is 17.0 Å². The summed E-state index contributed by atoms with van der Waals surface area (Å²) in [6.07, 6.45) is -1.86. The van der Waals surface area contributed by atoms with Crippen molar-refractivity contribution in [1.29, 1.82) is 0 Å². The van der Waals surface area contributed by atoms with Gasteiger partial charge in [-0.2, -0.15) is 18.2 Å². The van der Waals surface area contributed by atoms with Crippen molar-refractivity contribution in [3.05, 3.63) is 35.7 Å². The third-order valence-corrected chi connectivity index (χ3v) is 4.48. The van der Waals surface area contributed by atoms with Gasteiger partial charge in [-0.1, -0.05) is 17.3 Å². The van der Waals surface area contributed by atoms with Gasteiger partial charge in [0.1, 0.15) is 0 Å². The van der Waals surface area contributed by atoms with Crippen molar-refractivity contribution in [1.82, 2.24) is 15.0 Å². The minimum absolute atomic E-state index is 0.0116. The highest BCUT2D eigenvalue weighted by molar-refractivity contribution is 5.95. The lowest BCUT2D eigenvalue weighted by Gasteiger charge is -2.38. The van der Waals surface area contributed by atoms with Crippen LogP contribution in [0, 0.1) is 0 Å². The molecule has 140 valence electrons. The lowest BCUT2D eigenvalue weighted by molar-refractivity contribution is -0.159. The van der Waals surface area contributed by atoms with Crippen molar-refractivity contribution in [2.24, 2.45) is 5.73 Å². The summed E-state index contributed by atoms with van der Waals surface area (Å²) in [4.78, 5) is 17.9. The Hall–Kier alpha value is -2.42. The normalized spacial score (nSPS) is 19.4. The Morgan fingerprint density at radius 1 is 1.31 bits per heavy atom. The van der Waals surface area contributed by atoms with Gasteiger partial charge in [-0.05, 0) is 38.3 Å². The molecule has 1 fully saturated rings. The zero-order chi connectivity index (χ0) is 18.9. The van der Waals surface area contributed by atoms with Gasteiger partial charge in [0.05, 0.1) is 0 Å². The number of likely N-dealkylation sites (tertiary alicyclic amines) is 1. The number of hydrogen-bond acceptors (Lipinski definition) is 5. The first-order valence-corrected chi connectivity index (χ1v) is 8.35. The van der Waals surface area contributed by atoms with Crippen LogP contribution in [0.1, 0.15) is 42.4 Å². The van der Waals surface area contributed by atoms with E-state index in [1.807, 2.05) is 6.92 Å². The molecule has 0 saturated carbocycles. The Balaban J connectivity index is 1.78. The van der Waals surface area contributed by atoms with Gasteiger partial charge in [0.25, 0.3) is 5.91 Å². The zero-order valence-electron chi connectivity index (χ0n) is 14.2. The van der Waals surface area contributed by atoms with Crippen LogP contribution in [-0.4, -0.2) is 39.6 Å². The van der Waals surface area contributed by atoms with Crippen molar-refractivity contribution in [2.75, 3.05) is 6.54 Å². The van der Waals surface area contributed by atoms with Crippen LogP contribution in [0.15, 0.2) is 28.8 Å². The second kappa shape index (κ2) is 7.06. The zero-order valence-corrected chi connectivity index (χ0v) is 14.2. The Morgan fingerprint density at radius 2 is 2.00 bits per heavy atom. The quantitative estimate of drug-likeness (QED) is 0.900. The van der Waals surface area contributed by atoms with Gasteiger partial charge < -0.3 is 15.2 Å². The number of carbonyl (C=O) groups excluding carboxylic acids is 1. The van der Waals surface area contributed by atoms with Gasteiger partial charge in [0.15, 0.2) is 0 Å². The Kier molecular flexibility index (Phi) is 4.99. The van der Waals surface area contributed by atoms with Crippen molar-refractivity contribution in [3.8, 4) is 11.4 Å². The minimum atomic E-state index is -4.69. The molecule has 1 aromatic heterocycles. The van der Waals surface area contributed by atoms with Crippen molar-refractivity contribution in [2.45, 2.75) is 44.4 Å². The highest BCUT2D eigenvalue weighted by Crippen LogP contribution is 2.29. The predicted octanol–water partition coefficient (Wildman–Crippen LogP) is 3.10. The van der Waals surface area contributed by atoms with E-state index in [1.165, 1.54) is 12.1 Å². The van der Waals surface area contributed by atoms with E-state index >= 15 is 0 Å². The van der Waals surface area contributed by atoms with Gasteiger partial charge in [-0.25, -0.2) is 0 Å². The van der Waals surface area contributed by atoms with E-state index in [4.69, 9.17) is 5.73 Å². The molecule has 0 spiro atoms. The Morgan fingerprint density at radius 3 is 2.58 bits per heavy atom. The molecule has 2 aromatic rings. The molecule has 1 aliphatic rings. The van der Waals surface area contributed by atoms with E-state index in [2.05, 4.69) is 14.7 Å². The number of halogens is 3. The van der Waals surface area contributed by atoms with E-state index in [0.29, 0.717) is 17.7 Å². The molecule has 6 nitrogen and oxygen atoms in total. The average molecular weight is 368 g/mol. The fourth-order valence-electron chi connectivity index (χ4n) is 3.14. The van der Waals surface area contributed by atoms with E-state index in [-0.39, 0.29) is 23.8 Å². The predicted molar refractivity (Wildman–Crippen MR) is 87.1 cm³/mol. The summed E-state index contributed by atoms with van der Waals surface area (Å²) < 4.78 is 41.8. The number of alkyl halides is 3. The van der Waals surface area contributed by atoms with E-state index < -0.39 is 12.1 Å². The number of piperidine rings is 1. The second-order valence-electron chi connectivity index (χ2n) is 6.42. The molecule has 1 aromatic carbocycles. The summed E-state index contributed by atoms with van der Waals surface area (Å²) in [5.41, 5.74) is 6.78. The van der Waals surface area contributed by atoms with Gasteiger partial charge in [-0.3, -0.25) is 4.79 Å². The van der Waals surface area contributed by atoms with Gasteiger partial charge in [0, 0.05) is 29.8 Å². The van der Waals surface area contributed by atoms with Crippen molar-refractivity contribution < 1.29 is 22.5 Å². The number of nitrogens with zero attached hydrogens (tertiary/aromatic N) is 3. The van der Waals surface area contributed by atoms with Crippen LogP contribution in [0.3, 0.4) is 0 Å². The first-order valence-electron chi connectivity index (χ1n) is 8.35. The third-order valence-electron chi connectivity index (χ3n) is 4.48. The number of amides is 1. The molecule has 3 rings (SSSR count). The smallest absolute Gasteiger partial charge is 0.334 e. The summed E-state index contributed by atoms with van der Waals surface area (Å²) in [6, 6.07) is 5.97. The summed E-state index contributed by atoms with van der Waals surface area (Å²) in [5.74, 6) is -1.72. The van der Waals surface area contributed by atoms with Crippen LogP contribution in [0.2, 0.25) is 0 Å². The minimum Gasteiger partial charge on any atom is -0.334 e. The summed E-state index contributed by atoms with van der Waals surface area (Å²) in [6.45, 7) is 2.53. The standard InChI is InChI=1S/C17H19F3N4O2/c1-10(21)13-4-2-3-9-24(13)15(25)12-7-5-11(6-8-12)14-22-16(26-23-14)17(18,19)20/h5-8,10,13H,2-4,9,21H2,1H3/t10-,13-/m0/s1. The van der Waals surface area contributed by atoms with E-state index in [9.17, 15) is 18.0 Å². The maximum Gasteiger partial charge on any atom is 0.471 e. The average Bonchev–Trinajstić information content (AvgIpc) is 3.12. The molecule has 1 amide bonds. The molecule has 0 aliphatic carbocycles. The fourth-order valence-corrected chi connectivity index (χ4v) is 3.14. The molecule has 2 N–H and O–H groups in total.